The number of aromatic hydroxyl groups is 1. The number of para-hydroxylation sites is 1. The molecular weight excluding hydrogens is 254 g/mol. The van der Waals surface area contributed by atoms with Crippen molar-refractivity contribution in [2.75, 3.05) is 5.32 Å². The van der Waals surface area contributed by atoms with Crippen LogP contribution in [0.3, 0.4) is 0 Å². The van der Waals surface area contributed by atoms with E-state index in [9.17, 15) is 14.7 Å². The number of carbonyl (C=O) groups is 2. The van der Waals surface area contributed by atoms with Crippen LogP contribution in [0.25, 0.3) is 0 Å². The smallest absolute Gasteiger partial charge is 0.255 e. The summed E-state index contributed by atoms with van der Waals surface area (Å²) in [6.45, 7) is 1.72. The molecule has 20 heavy (non-hydrogen) atoms. The van der Waals surface area contributed by atoms with Crippen LogP contribution >= 0.6 is 0 Å². The Balaban J connectivity index is 2.26. The lowest BCUT2D eigenvalue weighted by Gasteiger charge is -2.10. The maximum Gasteiger partial charge on any atom is 0.255 e. The van der Waals surface area contributed by atoms with Gasteiger partial charge in [-0.05, 0) is 24.3 Å². The lowest BCUT2D eigenvalue weighted by Crippen LogP contribution is -2.12. The van der Waals surface area contributed by atoms with Crippen molar-refractivity contribution in [1.29, 1.82) is 0 Å². The predicted octanol–water partition coefficient (Wildman–Crippen LogP) is 3.24. The van der Waals surface area contributed by atoms with Crippen molar-refractivity contribution in [1.82, 2.24) is 0 Å². The van der Waals surface area contributed by atoms with Crippen molar-refractivity contribution in [2.45, 2.75) is 13.3 Å². The summed E-state index contributed by atoms with van der Waals surface area (Å²) in [6, 6.07) is 13.4. The summed E-state index contributed by atoms with van der Waals surface area (Å²) in [4.78, 5) is 23.7. The standard InChI is InChI=1S/C16H15NO3/c1-2-14(18)12-9-6-10-13(15(12)19)17-16(20)11-7-4-3-5-8-11/h3-10,19H,2H2,1H3,(H,17,20). The Morgan fingerprint density at radius 1 is 1.05 bits per heavy atom. The molecule has 0 aliphatic heterocycles. The number of nitrogens with one attached hydrogen (secondary N) is 1. The molecule has 0 aromatic heterocycles. The van der Waals surface area contributed by atoms with Gasteiger partial charge in [0.2, 0.25) is 0 Å². The Bertz CT molecular complexity index is 635. The highest BCUT2D eigenvalue weighted by atomic mass is 16.3. The van der Waals surface area contributed by atoms with Crippen molar-refractivity contribution in [3.63, 3.8) is 0 Å². The molecule has 4 nitrogen and oxygen atoms in total. The number of benzene rings is 2. The molecule has 2 rings (SSSR count). The van der Waals surface area contributed by atoms with E-state index in [1.54, 1.807) is 49.4 Å². The van der Waals surface area contributed by atoms with E-state index in [1.807, 2.05) is 6.07 Å². The first kappa shape index (κ1) is 13.8. The number of anilines is 1. The maximum atomic E-state index is 12.0. The second-order valence-electron chi connectivity index (χ2n) is 4.30. The van der Waals surface area contributed by atoms with Crippen LogP contribution in [0.5, 0.6) is 5.75 Å². The average Bonchev–Trinajstić information content (AvgIpc) is 2.49. The first-order valence-electron chi connectivity index (χ1n) is 6.35. The van der Waals surface area contributed by atoms with Gasteiger partial charge < -0.3 is 10.4 Å². The van der Waals surface area contributed by atoms with E-state index in [4.69, 9.17) is 0 Å². The van der Waals surface area contributed by atoms with Crippen LogP contribution in [0.2, 0.25) is 0 Å². The maximum absolute atomic E-state index is 12.0. The van der Waals surface area contributed by atoms with Crippen molar-refractivity contribution >= 4 is 17.4 Å². The minimum atomic E-state index is -0.331. The molecule has 102 valence electrons. The summed E-state index contributed by atoms with van der Waals surface area (Å²) in [5.74, 6) is -0.691. The summed E-state index contributed by atoms with van der Waals surface area (Å²) >= 11 is 0. The molecule has 0 unspecified atom stereocenters. The second kappa shape index (κ2) is 6.02. The molecule has 0 aliphatic rings. The lowest BCUT2D eigenvalue weighted by atomic mass is 10.1. The number of Topliss-reactive ketones (excluding diaryl/α,β-unsaturated/α-hetero) is 1. The molecule has 0 atom stereocenters. The van der Waals surface area contributed by atoms with E-state index >= 15 is 0 Å². The Morgan fingerprint density at radius 3 is 2.40 bits per heavy atom. The van der Waals surface area contributed by atoms with Crippen molar-refractivity contribution < 1.29 is 14.7 Å². The number of hydrogen-bond donors (Lipinski definition) is 2. The topological polar surface area (TPSA) is 66.4 Å². The minimum absolute atomic E-state index is 0.168. The number of phenolic OH excluding ortho intramolecular Hbond substituents is 1. The average molecular weight is 269 g/mol. The van der Waals surface area contributed by atoms with Crippen molar-refractivity contribution in [3.05, 3.63) is 59.7 Å². The highest BCUT2D eigenvalue weighted by molar-refractivity contribution is 6.07. The molecular formula is C16H15NO3. The number of hydrogen-bond acceptors (Lipinski definition) is 3. The van der Waals surface area contributed by atoms with Crippen LogP contribution in [0.15, 0.2) is 48.5 Å². The lowest BCUT2D eigenvalue weighted by molar-refractivity contribution is 0.0982. The fourth-order valence-corrected chi connectivity index (χ4v) is 1.84. The molecule has 0 radical (unpaired) electrons. The molecule has 4 heteroatoms. The zero-order chi connectivity index (χ0) is 14.5. The second-order valence-corrected chi connectivity index (χ2v) is 4.30. The van der Waals surface area contributed by atoms with Crippen LogP contribution in [-0.4, -0.2) is 16.8 Å². The third kappa shape index (κ3) is 2.85. The number of ketones is 1. The van der Waals surface area contributed by atoms with Crippen LogP contribution in [0.4, 0.5) is 5.69 Å². The van der Waals surface area contributed by atoms with Crippen molar-refractivity contribution in [2.24, 2.45) is 0 Å². The molecule has 0 aliphatic carbocycles. The van der Waals surface area contributed by atoms with Gasteiger partial charge in [0.1, 0.15) is 5.75 Å². The minimum Gasteiger partial charge on any atom is -0.505 e. The highest BCUT2D eigenvalue weighted by Gasteiger charge is 2.14. The van der Waals surface area contributed by atoms with Crippen LogP contribution in [-0.2, 0) is 0 Å². The summed E-state index contributed by atoms with van der Waals surface area (Å²) in [5, 5.41) is 12.7. The molecule has 1 amide bonds. The summed E-state index contributed by atoms with van der Waals surface area (Å²) < 4.78 is 0. The molecule has 0 saturated carbocycles. The van der Waals surface area contributed by atoms with Gasteiger partial charge >= 0.3 is 0 Å². The fraction of sp³-hybridized carbons (Fsp3) is 0.125. The van der Waals surface area contributed by atoms with Gasteiger partial charge in [0.15, 0.2) is 5.78 Å². The molecule has 0 bridgehead atoms. The van der Waals surface area contributed by atoms with Crippen LogP contribution < -0.4 is 5.32 Å². The van der Waals surface area contributed by atoms with E-state index in [0.29, 0.717) is 12.0 Å². The molecule has 2 aromatic carbocycles. The van der Waals surface area contributed by atoms with E-state index in [2.05, 4.69) is 5.32 Å². The Morgan fingerprint density at radius 2 is 1.75 bits per heavy atom. The Hall–Kier alpha value is -2.62. The van der Waals surface area contributed by atoms with Gasteiger partial charge in [0.05, 0.1) is 11.3 Å². The molecule has 0 saturated heterocycles. The van der Waals surface area contributed by atoms with Crippen LogP contribution in [0, 0.1) is 0 Å². The summed E-state index contributed by atoms with van der Waals surface area (Å²) in [7, 11) is 0. The number of rotatable bonds is 4. The number of carbonyl (C=O) groups excluding carboxylic acids is 2. The van der Waals surface area contributed by atoms with E-state index in [-0.39, 0.29) is 28.7 Å². The van der Waals surface area contributed by atoms with Crippen molar-refractivity contribution in [3.8, 4) is 5.75 Å². The zero-order valence-corrected chi connectivity index (χ0v) is 11.1. The van der Waals surface area contributed by atoms with E-state index in [0.717, 1.165) is 0 Å². The monoisotopic (exact) mass is 269 g/mol. The highest BCUT2D eigenvalue weighted by Crippen LogP contribution is 2.28. The largest absolute Gasteiger partial charge is 0.505 e. The van der Waals surface area contributed by atoms with Gasteiger partial charge in [0.25, 0.3) is 5.91 Å². The molecule has 0 fully saturated rings. The third-order valence-electron chi connectivity index (χ3n) is 2.94. The number of phenols is 1. The zero-order valence-electron chi connectivity index (χ0n) is 11.1. The van der Waals surface area contributed by atoms with Crippen LogP contribution in [0.1, 0.15) is 34.1 Å². The van der Waals surface area contributed by atoms with Gasteiger partial charge in [-0.2, -0.15) is 0 Å². The van der Waals surface area contributed by atoms with Gasteiger partial charge in [-0.3, -0.25) is 9.59 Å². The molecule has 0 spiro atoms. The summed E-state index contributed by atoms with van der Waals surface area (Å²) in [5.41, 5.74) is 0.940. The van der Waals surface area contributed by atoms with Gasteiger partial charge in [-0.25, -0.2) is 0 Å². The first-order chi connectivity index (χ1) is 9.63. The summed E-state index contributed by atoms with van der Waals surface area (Å²) in [6.07, 6.45) is 0.295. The van der Waals surface area contributed by atoms with E-state index < -0.39 is 0 Å². The third-order valence-corrected chi connectivity index (χ3v) is 2.94. The molecule has 0 heterocycles. The predicted molar refractivity (Wildman–Crippen MR) is 77.1 cm³/mol. The quantitative estimate of drug-likeness (QED) is 0.661. The normalized spacial score (nSPS) is 10.1. The first-order valence-corrected chi connectivity index (χ1v) is 6.35. The molecule has 2 aromatic rings. The van der Waals surface area contributed by atoms with Gasteiger partial charge in [-0.1, -0.05) is 31.2 Å². The fourth-order valence-electron chi connectivity index (χ4n) is 1.84. The Kier molecular flexibility index (Phi) is 4.15. The SMILES string of the molecule is CCC(=O)c1cccc(NC(=O)c2ccccc2)c1O. The number of amides is 1. The van der Waals surface area contributed by atoms with Gasteiger partial charge in [0, 0.05) is 12.0 Å². The van der Waals surface area contributed by atoms with E-state index in [1.165, 1.54) is 0 Å². The molecule has 2 N–H and O–H groups in total. The van der Waals surface area contributed by atoms with Gasteiger partial charge in [-0.15, -0.1) is 0 Å². The Labute approximate surface area is 117 Å².